The minimum Gasteiger partial charge on any atom is -0.481 e. The molecule has 2 unspecified atom stereocenters. The molecule has 15 heavy (non-hydrogen) atoms. The van der Waals surface area contributed by atoms with Crippen molar-refractivity contribution in [1.29, 1.82) is 0 Å². The number of hydrogen-bond donors (Lipinski definition) is 4. The number of nitrogens with two attached hydrogens (primary N) is 1. The maximum atomic E-state index is 11.4. The van der Waals surface area contributed by atoms with E-state index in [4.69, 9.17) is 15.9 Å². The van der Waals surface area contributed by atoms with E-state index in [2.05, 4.69) is 0 Å². The van der Waals surface area contributed by atoms with Gasteiger partial charge in [0.15, 0.2) is 0 Å². The van der Waals surface area contributed by atoms with Crippen LogP contribution in [0.3, 0.4) is 0 Å². The maximum Gasteiger partial charge on any atom is 0.323 e. The summed E-state index contributed by atoms with van der Waals surface area (Å²) in [5, 5.41) is 16.9. The Morgan fingerprint density at radius 1 is 1.40 bits per heavy atom. The van der Waals surface area contributed by atoms with E-state index in [0.717, 1.165) is 6.92 Å². The van der Waals surface area contributed by atoms with Gasteiger partial charge in [-0.1, -0.05) is 0 Å². The number of carboxylic acid groups (broad SMARTS) is 2. The summed E-state index contributed by atoms with van der Waals surface area (Å²) < 4.78 is 11.4. The average molecular weight is 239 g/mol. The zero-order valence-corrected chi connectivity index (χ0v) is 9.11. The van der Waals surface area contributed by atoms with Crippen molar-refractivity contribution in [3.05, 3.63) is 0 Å². The summed E-state index contributed by atoms with van der Waals surface area (Å²) in [5.41, 5.74) is 3.46. The van der Waals surface area contributed by atoms with Gasteiger partial charge in [0.05, 0.1) is 12.6 Å². The zero-order chi connectivity index (χ0) is 12.3. The first-order valence-electron chi connectivity index (χ1n) is 4.12. The molecule has 0 aliphatic rings. The molecule has 7 nitrogen and oxygen atoms in total. The van der Waals surface area contributed by atoms with Crippen LogP contribution in [0.25, 0.3) is 0 Å². The minimum absolute atomic E-state index is 0.470. The highest BCUT2D eigenvalue weighted by Gasteiger charge is 2.36. The van der Waals surface area contributed by atoms with Gasteiger partial charge in [-0.3, -0.25) is 14.2 Å². The van der Waals surface area contributed by atoms with E-state index in [1.165, 1.54) is 0 Å². The molecule has 0 heterocycles. The van der Waals surface area contributed by atoms with Crippen LogP contribution in [-0.2, 0) is 14.2 Å². The Morgan fingerprint density at radius 3 is 2.20 bits per heavy atom. The Morgan fingerprint density at radius 2 is 1.87 bits per heavy atom. The van der Waals surface area contributed by atoms with Gasteiger partial charge in [-0.15, -0.1) is 0 Å². The molecular formula is C7H14NO6P. The van der Waals surface area contributed by atoms with Gasteiger partial charge in [-0.2, -0.15) is 0 Å². The fourth-order valence-corrected chi connectivity index (χ4v) is 2.79. The van der Waals surface area contributed by atoms with Gasteiger partial charge in [0.2, 0.25) is 7.37 Å². The van der Waals surface area contributed by atoms with Crippen molar-refractivity contribution in [2.75, 3.05) is 12.3 Å². The summed E-state index contributed by atoms with van der Waals surface area (Å²) in [7, 11) is -3.81. The standard InChI is InChI=1S/C7H14NO6P/c1-7(8,6(11)12)4-15(13,14)3-2-5(9)10/h2-4,8H2,1H3,(H,9,10)(H,11,12)(H,13,14). The Bertz CT molecular complexity index is 313. The lowest BCUT2D eigenvalue weighted by Gasteiger charge is -2.22. The van der Waals surface area contributed by atoms with E-state index >= 15 is 0 Å². The highest BCUT2D eigenvalue weighted by molar-refractivity contribution is 7.58. The molecule has 0 rings (SSSR count). The summed E-state index contributed by atoms with van der Waals surface area (Å²) in [6.45, 7) is 1.11. The number of aliphatic carboxylic acids is 2. The van der Waals surface area contributed by atoms with E-state index in [-0.39, 0.29) is 0 Å². The number of rotatable bonds is 6. The maximum absolute atomic E-state index is 11.4. The van der Waals surface area contributed by atoms with Gasteiger partial charge < -0.3 is 20.8 Å². The zero-order valence-electron chi connectivity index (χ0n) is 8.21. The molecule has 0 aliphatic heterocycles. The smallest absolute Gasteiger partial charge is 0.323 e. The fourth-order valence-electron chi connectivity index (χ4n) is 0.930. The largest absolute Gasteiger partial charge is 0.481 e. The molecular weight excluding hydrogens is 225 g/mol. The Balaban J connectivity index is 4.44. The van der Waals surface area contributed by atoms with Gasteiger partial charge in [-0.25, -0.2) is 0 Å². The molecule has 0 saturated heterocycles. The lowest BCUT2D eigenvalue weighted by Crippen LogP contribution is -2.48. The van der Waals surface area contributed by atoms with Crippen LogP contribution >= 0.6 is 7.37 Å². The average Bonchev–Trinajstić information content (AvgIpc) is 1.99. The van der Waals surface area contributed by atoms with Crippen LogP contribution in [0.15, 0.2) is 0 Å². The first-order chi connectivity index (χ1) is 6.57. The van der Waals surface area contributed by atoms with Crippen molar-refractivity contribution in [2.24, 2.45) is 5.73 Å². The van der Waals surface area contributed by atoms with Crippen LogP contribution in [0, 0.1) is 0 Å². The summed E-state index contributed by atoms with van der Waals surface area (Å²) in [4.78, 5) is 30.0. The van der Waals surface area contributed by atoms with Gasteiger partial charge >= 0.3 is 11.9 Å². The van der Waals surface area contributed by atoms with Crippen LogP contribution in [0.5, 0.6) is 0 Å². The van der Waals surface area contributed by atoms with Gasteiger partial charge in [0, 0.05) is 6.16 Å². The van der Waals surface area contributed by atoms with E-state index in [1.807, 2.05) is 0 Å². The third-order valence-corrected chi connectivity index (χ3v) is 3.81. The van der Waals surface area contributed by atoms with Gasteiger partial charge in [0.1, 0.15) is 5.54 Å². The quantitative estimate of drug-likeness (QED) is 0.459. The molecule has 0 spiro atoms. The van der Waals surface area contributed by atoms with Crippen LogP contribution in [0.1, 0.15) is 13.3 Å². The number of carboxylic acids is 2. The Kier molecular flexibility index (Phi) is 4.45. The van der Waals surface area contributed by atoms with Crippen molar-refractivity contribution in [2.45, 2.75) is 18.9 Å². The van der Waals surface area contributed by atoms with Crippen LogP contribution in [0.2, 0.25) is 0 Å². The van der Waals surface area contributed by atoms with E-state index in [9.17, 15) is 19.0 Å². The summed E-state index contributed by atoms with van der Waals surface area (Å²) in [6.07, 6.45) is -1.59. The lowest BCUT2D eigenvalue weighted by molar-refractivity contribution is -0.141. The third-order valence-electron chi connectivity index (χ3n) is 1.74. The summed E-state index contributed by atoms with van der Waals surface area (Å²) in [5.74, 6) is -2.61. The summed E-state index contributed by atoms with van der Waals surface area (Å²) in [6, 6.07) is 0. The molecule has 0 bridgehead atoms. The van der Waals surface area contributed by atoms with Crippen molar-refractivity contribution in [1.82, 2.24) is 0 Å². The highest BCUT2D eigenvalue weighted by atomic mass is 31.2. The molecule has 5 N–H and O–H groups in total. The molecule has 0 aliphatic carbocycles. The molecule has 0 aromatic heterocycles. The molecule has 8 heteroatoms. The van der Waals surface area contributed by atoms with Crippen molar-refractivity contribution in [3.63, 3.8) is 0 Å². The van der Waals surface area contributed by atoms with Gasteiger partial charge in [0.25, 0.3) is 0 Å². The number of carbonyl (C=O) groups is 2. The molecule has 88 valence electrons. The van der Waals surface area contributed by atoms with E-state index in [0.29, 0.717) is 0 Å². The molecule has 0 aromatic rings. The first kappa shape index (κ1) is 14.1. The summed E-state index contributed by atoms with van der Waals surface area (Å²) >= 11 is 0. The second-order valence-corrected chi connectivity index (χ2v) is 6.05. The topological polar surface area (TPSA) is 138 Å². The van der Waals surface area contributed by atoms with E-state index < -0.39 is 43.6 Å². The first-order valence-corrected chi connectivity index (χ1v) is 6.15. The second-order valence-electron chi connectivity index (χ2n) is 3.59. The Labute approximate surface area is 86.4 Å². The van der Waals surface area contributed by atoms with Crippen molar-refractivity contribution in [3.8, 4) is 0 Å². The minimum atomic E-state index is -3.81. The van der Waals surface area contributed by atoms with Crippen molar-refractivity contribution >= 4 is 19.3 Å². The van der Waals surface area contributed by atoms with Crippen LogP contribution in [0.4, 0.5) is 0 Å². The lowest BCUT2D eigenvalue weighted by atomic mass is 10.1. The van der Waals surface area contributed by atoms with Crippen LogP contribution < -0.4 is 5.73 Å². The van der Waals surface area contributed by atoms with Crippen LogP contribution in [-0.4, -0.2) is 44.9 Å². The SMILES string of the molecule is CC(N)(CP(=O)(O)CCC(=O)O)C(=O)O. The predicted molar refractivity (Wildman–Crippen MR) is 52.0 cm³/mol. The normalized spacial score (nSPS) is 18.9. The molecule has 0 amide bonds. The molecule has 0 saturated carbocycles. The van der Waals surface area contributed by atoms with E-state index in [1.54, 1.807) is 0 Å². The highest BCUT2D eigenvalue weighted by Crippen LogP contribution is 2.43. The molecule has 0 fully saturated rings. The number of hydrogen-bond acceptors (Lipinski definition) is 4. The molecule has 2 atom stereocenters. The van der Waals surface area contributed by atoms with Crippen molar-refractivity contribution < 1.29 is 29.3 Å². The fraction of sp³-hybridized carbons (Fsp3) is 0.714. The molecule has 0 radical (unpaired) electrons. The molecule has 0 aromatic carbocycles. The predicted octanol–water partition coefficient (Wildman–Crippen LogP) is -0.466. The second kappa shape index (κ2) is 4.74. The Hall–Kier alpha value is -0.910. The third kappa shape index (κ3) is 5.51. The van der Waals surface area contributed by atoms with Gasteiger partial charge in [-0.05, 0) is 6.92 Å². The monoisotopic (exact) mass is 239 g/mol.